The molecule has 0 saturated carbocycles. The molecule has 13 heavy (non-hydrogen) atoms. The largest absolute Gasteiger partial charge is 0.285 e. The molecular weight excluding hydrogens is 173 g/mol. The molecule has 1 heterocycles. The van der Waals surface area contributed by atoms with E-state index in [0.29, 0.717) is 5.56 Å². The minimum absolute atomic E-state index is 0.308. The van der Waals surface area contributed by atoms with Crippen LogP contribution in [0.5, 0.6) is 0 Å². The Kier molecular flexibility index (Phi) is 2.92. The second-order valence-electron chi connectivity index (χ2n) is 2.70. The first-order chi connectivity index (χ1) is 6.09. The Morgan fingerprint density at radius 1 is 1.54 bits per heavy atom. The van der Waals surface area contributed by atoms with Gasteiger partial charge in [-0.05, 0) is 12.1 Å². The Morgan fingerprint density at radius 2 is 2.23 bits per heavy atom. The van der Waals surface area contributed by atoms with Crippen LogP contribution < -0.4 is 5.43 Å². The Labute approximate surface area is 75.4 Å². The van der Waals surface area contributed by atoms with Crippen LogP contribution in [0, 0.1) is 5.95 Å². The van der Waals surface area contributed by atoms with Crippen molar-refractivity contribution in [3.8, 4) is 0 Å². The smallest absolute Gasteiger partial charge is 0.267 e. The zero-order valence-electron chi connectivity index (χ0n) is 7.41. The van der Waals surface area contributed by atoms with Gasteiger partial charge in [0.05, 0.1) is 5.56 Å². The molecule has 4 nitrogen and oxygen atoms in total. The minimum Gasteiger partial charge on any atom is -0.285 e. The van der Waals surface area contributed by atoms with E-state index < -0.39 is 5.95 Å². The van der Waals surface area contributed by atoms with Gasteiger partial charge in [-0.1, -0.05) is 0 Å². The van der Waals surface area contributed by atoms with Crippen molar-refractivity contribution in [2.45, 2.75) is 0 Å². The topological polar surface area (TPSA) is 45.2 Å². The van der Waals surface area contributed by atoms with Crippen LogP contribution in [0.25, 0.3) is 0 Å². The molecule has 1 aromatic heterocycles. The molecule has 0 atom stereocenters. The highest BCUT2D eigenvalue weighted by molar-refractivity contribution is 5.93. The average molecular weight is 183 g/mol. The normalized spacial score (nSPS) is 10.2. The number of carbonyl (C=O) groups is 1. The first-order valence-corrected chi connectivity index (χ1v) is 3.69. The molecule has 1 N–H and O–H groups in total. The van der Waals surface area contributed by atoms with E-state index in [9.17, 15) is 9.18 Å². The van der Waals surface area contributed by atoms with Crippen LogP contribution >= 0.6 is 0 Å². The van der Waals surface area contributed by atoms with Gasteiger partial charge >= 0.3 is 0 Å². The molecule has 0 fully saturated rings. The monoisotopic (exact) mass is 183 g/mol. The third kappa shape index (κ3) is 2.79. The zero-order valence-corrected chi connectivity index (χ0v) is 7.41. The second kappa shape index (κ2) is 3.95. The molecule has 0 aliphatic carbocycles. The van der Waals surface area contributed by atoms with E-state index >= 15 is 0 Å². The summed E-state index contributed by atoms with van der Waals surface area (Å²) in [6.07, 6.45) is 1.19. The van der Waals surface area contributed by atoms with Gasteiger partial charge in [-0.15, -0.1) is 0 Å². The number of halogens is 1. The fraction of sp³-hybridized carbons (Fsp3) is 0.250. The van der Waals surface area contributed by atoms with Gasteiger partial charge < -0.3 is 0 Å². The number of amides is 1. The standard InChI is InChI=1S/C8H10FN3O/c1-12(2)11-8(13)6-3-4-7(9)10-5-6/h3-5H,1-2H3,(H,11,13). The van der Waals surface area contributed by atoms with Crippen molar-refractivity contribution in [2.24, 2.45) is 0 Å². The van der Waals surface area contributed by atoms with E-state index in [4.69, 9.17) is 0 Å². The SMILES string of the molecule is CN(C)NC(=O)c1ccc(F)nc1. The quantitative estimate of drug-likeness (QED) is 0.534. The first-order valence-electron chi connectivity index (χ1n) is 3.69. The fourth-order valence-electron chi connectivity index (χ4n) is 0.778. The van der Waals surface area contributed by atoms with Crippen molar-refractivity contribution in [1.29, 1.82) is 0 Å². The zero-order chi connectivity index (χ0) is 9.84. The summed E-state index contributed by atoms with van der Waals surface area (Å²) in [5.74, 6) is -0.904. The van der Waals surface area contributed by atoms with Crippen molar-refractivity contribution in [3.63, 3.8) is 0 Å². The summed E-state index contributed by atoms with van der Waals surface area (Å²) in [5.41, 5.74) is 2.84. The van der Waals surface area contributed by atoms with Gasteiger partial charge in [0, 0.05) is 20.3 Å². The van der Waals surface area contributed by atoms with Crippen LogP contribution in [-0.2, 0) is 0 Å². The lowest BCUT2D eigenvalue weighted by Crippen LogP contribution is -2.36. The second-order valence-corrected chi connectivity index (χ2v) is 2.70. The van der Waals surface area contributed by atoms with Gasteiger partial charge in [-0.25, -0.2) is 9.99 Å². The number of nitrogens with one attached hydrogen (secondary N) is 1. The predicted molar refractivity (Wildman–Crippen MR) is 45.3 cm³/mol. The lowest BCUT2D eigenvalue weighted by atomic mass is 10.3. The molecule has 0 aliphatic heterocycles. The van der Waals surface area contributed by atoms with E-state index in [1.165, 1.54) is 17.3 Å². The highest BCUT2D eigenvalue weighted by atomic mass is 19.1. The van der Waals surface area contributed by atoms with Gasteiger partial charge in [0.25, 0.3) is 5.91 Å². The van der Waals surface area contributed by atoms with Crippen molar-refractivity contribution in [1.82, 2.24) is 15.4 Å². The molecule has 1 amide bonds. The lowest BCUT2D eigenvalue weighted by Gasteiger charge is -2.10. The maximum absolute atomic E-state index is 12.4. The summed E-state index contributed by atoms with van der Waals surface area (Å²) in [6.45, 7) is 0. The summed E-state index contributed by atoms with van der Waals surface area (Å²) in [5, 5.41) is 1.51. The lowest BCUT2D eigenvalue weighted by molar-refractivity contribution is 0.0856. The molecule has 0 aliphatic rings. The summed E-state index contributed by atoms with van der Waals surface area (Å²) in [6, 6.07) is 2.52. The van der Waals surface area contributed by atoms with Crippen molar-refractivity contribution in [2.75, 3.05) is 14.1 Å². The Balaban J connectivity index is 2.72. The van der Waals surface area contributed by atoms with Crippen LogP contribution in [-0.4, -0.2) is 30.0 Å². The van der Waals surface area contributed by atoms with Gasteiger partial charge in [0.1, 0.15) is 0 Å². The third-order valence-electron chi connectivity index (χ3n) is 1.31. The fourth-order valence-corrected chi connectivity index (χ4v) is 0.778. The summed E-state index contributed by atoms with van der Waals surface area (Å²) >= 11 is 0. The van der Waals surface area contributed by atoms with Crippen LogP contribution in [0.1, 0.15) is 10.4 Å². The van der Waals surface area contributed by atoms with E-state index in [1.54, 1.807) is 14.1 Å². The number of carbonyl (C=O) groups excluding carboxylic acids is 1. The third-order valence-corrected chi connectivity index (χ3v) is 1.31. The molecule has 1 aromatic rings. The van der Waals surface area contributed by atoms with Crippen LogP contribution in [0.2, 0.25) is 0 Å². The molecule has 5 heteroatoms. The molecule has 0 unspecified atom stereocenters. The first kappa shape index (κ1) is 9.60. The summed E-state index contributed by atoms with van der Waals surface area (Å²) in [4.78, 5) is 14.6. The van der Waals surface area contributed by atoms with Gasteiger partial charge in [-0.3, -0.25) is 10.2 Å². The molecule has 0 aromatic carbocycles. The van der Waals surface area contributed by atoms with E-state index in [1.807, 2.05) is 0 Å². The Bertz CT molecular complexity index is 297. The van der Waals surface area contributed by atoms with Gasteiger partial charge in [-0.2, -0.15) is 4.39 Å². The van der Waals surface area contributed by atoms with Gasteiger partial charge in [0.15, 0.2) is 0 Å². The maximum Gasteiger partial charge on any atom is 0.267 e. The van der Waals surface area contributed by atoms with E-state index in [0.717, 1.165) is 6.07 Å². The molecule has 1 rings (SSSR count). The molecule has 0 spiro atoms. The Hall–Kier alpha value is -1.49. The number of rotatable bonds is 2. The molecule has 0 saturated heterocycles. The molecular formula is C8H10FN3O. The van der Waals surface area contributed by atoms with Crippen molar-refractivity contribution in [3.05, 3.63) is 29.8 Å². The molecule has 0 radical (unpaired) electrons. The maximum atomic E-state index is 12.4. The van der Waals surface area contributed by atoms with Gasteiger partial charge in [0.2, 0.25) is 5.95 Å². The van der Waals surface area contributed by atoms with Crippen LogP contribution in [0.15, 0.2) is 18.3 Å². The average Bonchev–Trinajstić information content (AvgIpc) is 2.04. The van der Waals surface area contributed by atoms with E-state index in [-0.39, 0.29) is 5.91 Å². The van der Waals surface area contributed by atoms with E-state index in [2.05, 4.69) is 10.4 Å². The highest BCUT2D eigenvalue weighted by Gasteiger charge is 2.05. The highest BCUT2D eigenvalue weighted by Crippen LogP contribution is 1.98. The van der Waals surface area contributed by atoms with Crippen molar-refractivity contribution >= 4 is 5.91 Å². The minimum atomic E-state index is -0.596. The van der Waals surface area contributed by atoms with Crippen LogP contribution in [0.4, 0.5) is 4.39 Å². The molecule has 0 bridgehead atoms. The summed E-state index contributed by atoms with van der Waals surface area (Å²) in [7, 11) is 3.38. The number of nitrogens with zero attached hydrogens (tertiary/aromatic N) is 2. The predicted octanol–water partition coefficient (Wildman–Crippen LogP) is 0.427. The number of aromatic nitrogens is 1. The Morgan fingerprint density at radius 3 is 2.69 bits per heavy atom. The number of hydrogen-bond acceptors (Lipinski definition) is 3. The van der Waals surface area contributed by atoms with Crippen LogP contribution in [0.3, 0.4) is 0 Å². The number of hydrazine groups is 1. The number of pyridine rings is 1. The molecule has 70 valence electrons. The number of hydrogen-bond donors (Lipinski definition) is 1. The summed E-state index contributed by atoms with van der Waals surface area (Å²) < 4.78 is 12.4. The van der Waals surface area contributed by atoms with Crippen molar-refractivity contribution < 1.29 is 9.18 Å².